The van der Waals surface area contributed by atoms with Gasteiger partial charge in [-0.05, 0) is 36.1 Å². The summed E-state index contributed by atoms with van der Waals surface area (Å²) in [6.07, 6.45) is 1.66. The third-order valence-electron chi connectivity index (χ3n) is 3.32. The Labute approximate surface area is 139 Å². The fraction of sp³-hybridized carbons (Fsp3) is 0.111. The lowest BCUT2D eigenvalue weighted by atomic mass is 10.1. The minimum absolute atomic E-state index is 0.109. The molecule has 0 saturated heterocycles. The molecule has 5 heteroatoms. The van der Waals surface area contributed by atoms with E-state index in [1.807, 2.05) is 29.6 Å². The van der Waals surface area contributed by atoms with Crippen LogP contribution in [0.4, 0.5) is 11.5 Å². The number of nitrogens with one attached hydrogen (secondary N) is 2. The third-order valence-corrected chi connectivity index (χ3v) is 4.19. The zero-order valence-corrected chi connectivity index (χ0v) is 13.6. The molecule has 0 saturated carbocycles. The molecule has 2 heterocycles. The molecule has 0 fully saturated rings. The molecule has 2 N–H and O–H groups in total. The van der Waals surface area contributed by atoms with Crippen LogP contribution in [0.5, 0.6) is 0 Å². The van der Waals surface area contributed by atoms with Crippen LogP contribution in [0.1, 0.15) is 20.8 Å². The van der Waals surface area contributed by atoms with E-state index in [0.29, 0.717) is 10.6 Å². The molecule has 3 rings (SSSR count). The highest BCUT2D eigenvalue weighted by atomic mass is 32.1. The molecule has 1 aromatic carbocycles. The molecule has 0 aliphatic rings. The topological polar surface area (TPSA) is 54.0 Å². The standard InChI is InChI=1S/C18H17N3OS/c1-13-4-2-5-14(10-13)11-19-17-8-7-15(12-20-17)21-18(22)16-6-3-9-23-16/h2-10,12H,11H2,1H3,(H,19,20)(H,21,22). The van der Waals surface area contributed by atoms with E-state index in [9.17, 15) is 4.79 Å². The number of aryl methyl sites for hydroxylation is 1. The molecule has 2 aromatic heterocycles. The first-order chi connectivity index (χ1) is 11.2. The highest BCUT2D eigenvalue weighted by Crippen LogP contribution is 2.15. The van der Waals surface area contributed by atoms with Crippen LogP contribution >= 0.6 is 11.3 Å². The van der Waals surface area contributed by atoms with Crippen LogP contribution < -0.4 is 10.6 Å². The van der Waals surface area contributed by atoms with Gasteiger partial charge in [0.15, 0.2) is 0 Å². The summed E-state index contributed by atoms with van der Waals surface area (Å²) in [7, 11) is 0. The number of benzene rings is 1. The molecule has 0 radical (unpaired) electrons. The Morgan fingerprint density at radius 3 is 2.78 bits per heavy atom. The average molecular weight is 323 g/mol. The number of carbonyl (C=O) groups excluding carboxylic acids is 1. The summed E-state index contributed by atoms with van der Waals surface area (Å²) in [6, 6.07) is 15.7. The molecule has 116 valence electrons. The van der Waals surface area contributed by atoms with Crippen molar-refractivity contribution in [3.8, 4) is 0 Å². The molecular weight excluding hydrogens is 306 g/mol. The number of hydrogen-bond donors (Lipinski definition) is 2. The van der Waals surface area contributed by atoms with Crippen molar-refractivity contribution in [2.24, 2.45) is 0 Å². The van der Waals surface area contributed by atoms with Crippen molar-refractivity contribution >= 4 is 28.7 Å². The summed E-state index contributed by atoms with van der Waals surface area (Å²) >= 11 is 1.42. The summed E-state index contributed by atoms with van der Waals surface area (Å²) < 4.78 is 0. The first-order valence-electron chi connectivity index (χ1n) is 7.31. The molecule has 0 aliphatic carbocycles. The zero-order valence-electron chi connectivity index (χ0n) is 12.7. The maximum atomic E-state index is 12.0. The Morgan fingerprint density at radius 2 is 2.09 bits per heavy atom. The van der Waals surface area contributed by atoms with Crippen molar-refractivity contribution in [2.75, 3.05) is 10.6 Å². The third kappa shape index (κ3) is 4.17. The van der Waals surface area contributed by atoms with E-state index in [0.717, 1.165) is 12.4 Å². The minimum Gasteiger partial charge on any atom is -0.366 e. The smallest absolute Gasteiger partial charge is 0.265 e. The summed E-state index contributed by atoms with van der Waals surface area (Å²) in [5.74, 6) is 0.669. The van der Waals surface area contributed by atoms with Crippen LogP contribution in [-0.2, 0) is 6.54 Å². The monoisotopic (exact) mass is 323 g/mol. The lowest BCUT2D eigenvalue weighted by Gasteiger charge is -2.08. The summed E-state index contributed by atoms with van der Waals surface area (Å²) in [5, 5.41) is 7.99. The van der Waals surface area contributed by atoms with E-state index in [1.54, 1.807) is 12.3 Å². The SMILES string of the molecule is Cc1cccc(CNc2ccc(NC(=O)c3cccs3)cn2)c1. The molecule has 0 atom stereocenters. The Morgan fingerprint density at radius 1 is 1.17 bits per heavy atom. The van der Waals surface area contributed by atoms with Gasteiger partial charge in [-0.2, -0.15) is 0 Å². The van der Waals surface area contributed by atoms with Crippen molar-refractivity contribution in [2.45, 2.75) is 13.5 Å². The molecular formula is C18H17N3OS. The van der Waals surface area contributed by atoms with Gasteiger partial charge in [0, 0.05) is 6.54 Å². The van der Waals surface area contributed by atoms with Crippen molar-refractivity contribution in [1.29, 1.82) is 0 Å². The van der Waals surface area contributed by atoms with Crippen LogP contribution in [0.3, 0.4) is 0 Å². The Balaban J connectivity index is 1.58. The van der Waals surface area contributed by atoms with Gasteiger partial charge in [-0.15, -0.1) is 11.3 Å². The second kappa shape index (κ2) is 7.07. The van der Waals surface area contributed by atoms with Crippen LogP contribution in [0.15, 0.2) is 60.1 Å². The summed E-state index contributed by atoms with van der Waals surface area (Å²) in [4.78, 5) is 17.0. The van der Waals surface area contributed by atoms with E-state index >= 15 is 0 Å². The first-order valence-corrected chi connectivity index (χ1v) is 8.19. The second-order valence-corrected chi connectivity index (χ2v) is 6.15. The van der Waals surface area contributed by atoms with E-state index in [1.165, 1.54) is 22.5 Å². The zero-order chi connectivity index (χ0) is 16.1. The van der Waals surface area contributed by atoms with Gasteiger partial charge in [0.25, 0.3) is 5.91 Å². The van der Waals surface area contributed by atoms with Gasteiger partial charge in [0.2, 0.25) is 0 Å². The number of hydrogen-bond acceptors (Lipinski definition) is 4. The molecule has 4 nitrogen and oxygen atoms in total. The van der Waals surface area contributed by atoms with Crippen LogP contribution in [0, 0.1) is 6.92 Å². The molecule has 0 bridgehead atoms. The van der Waals surface area contributed by atoms with Gasteiger partial charge in [-0.1, -0.05) is 35.9 Å². The van der Waals surface area contributed by atoms with Crippen molar-refractivity contribution in [3.63, 3.8) is 0 Å². The molecule has 23 heavy (non-hydrogen) atoms. The summed E-state index contributed by atoms with van der Waals surface area (Å²) in [5.41, 5.74) is 3.13. The second-order valence-electron chi connectivity index (χ2n) is 5.21. The number of amides is 1. The lowest BCUT2D eigenvalue weighted by molar-refractivity contribution is 0.103. The molecule has 0 aliphatic heterocycles. The van der Waals surface area contributed by atoms with Gasteiger partial charge in [0.05, 0.1) is 16.8 Å². The number of rotatable bonds is 5. The average Bonchev–Trinajstić information content (AvgIpc) is 3.09. The largest absolute Gasteiger partial charge is 0.366 e. The Hall–Kier alpha value is -2.66. The maximum absolute atomic E-state index is 12.0. The van der Waals surface area contributed by atoms with E-state index in [-0.39, 0.29) is 5.91 Å². The first kappa shape index (κ1) is 15.2. The summed E-state index contributed by atoms with van der Waals surface area (Å²) in [6.45, 7) is 2.79. The number of aromatic nitrogens is 1. The van der Waals surface area contributed by atoms with Gasteiger partial charge in [-0.25, -0.2) is 4.98 Å². The van der Waals surface area contributed by atoms with Gasteiger partial charge in [0.1, 0.15) is 5.82 Å². The predicted octanol–water partition coefficient (Wildman–Crippen LogP) is 4.32. The fourth-order valence-electron chi connectivity index (χ4n) is 2.19. The van der Waals surface area contributed by atoms with Crippen molar-refractivity contribution in [1.82, 2.24) is 4.98 Å². The van der Waals surface area contributed by atoms with Crippen LogP contribution in [0.2, 0.25) is 0 Å². The van der Waals surface area contributed by atoms with Crippen LogP contribution in [-0.4, -0.2) is 10.9 Å². The molecule has 0 spiro atoms. The van der Waals surface area contributed by atoms with Crippen molar-refractivity contribution in [3.05, 3.63) is 76.1 Å². The van der Waals surface area contributed by atoms with Crippen molar-refractivity contribution < 1.29 is 4.79 Å². The number of thiophene rings is 1. The Kier molecular flexibility index (Phi) is 4.68. The van der Waals surface area contributed by atoms with Crippen LogP contribution in [0.25, 0.3) is 0 Å². The predicted molar refractivity (Wildman–Crippen MR) is 95.0 cm³/mol. The quantitative estimate of drug-likeness (QED) is 0.735. The number of nitrogens with zero attached hydrogens (tertiary/aromatic N) is 1. The lowest BCUT2D eigenvalue weighted by Crippen LogP contribution is -2.10. The minimum atomic E-state index is -0.109. The van der Waals surface area contributed by atoms with E-state index in [4.69, 9.17) is 0 Å². The molecule has 3 aromatic rings. The molecule has 0 unspecified atom stereocenters. The Bertz CT molecular complexity index is 782. The fourth-order valence-corrected chi connectivity index (χ4v) is 2.81. The highest BCUT2D eigenvalue weighted by molar-refractivity contribution is 7.12. The number of carbonyl (C=O) groups is 1. The molecule has 1 amide bonds. The van der Waals surface area contributed by atoms with Gasteiger partial charge >= 0.3 is 0 Å². The van der Waals surface area contributed by atoms with E-state index < -0.39 is 0 Å². The van der Waals surface area contributed by atoms with E-state index in [2.05, 4.69) is 40.7 Å². The number of anilines is 2. The normalized spacial score (nSPS) is 10.3. The number of pyridine rings is 1. The highest BCUT2D eigenvalue weighted by Gasteiger charge is 2.06. The van der Waals surface area contributed by atoms with Gasteiger partial charge < -0.3 is 10.6 Å². The van der Waals surface area contributed by atoms with Gasteiger partial charge in [-0.3, -0.25) is 4.79 Å². The maximum Gasteiger partial charge on any atom is 0.265 e.